The lowest BCUT2D eigenvalue weighted by Crippen LogP contribution is -2.48. The Balaban J connectivity index is 3.26. The van der Waals surface area contributed by atoms with Gasteiger partial charge in [-0.1, -0.05) is 23.8 Å². The molecule has 2 amide bonds. The molecule has 0 saturated carbocycles. The third kappa shape index (κ3) is 6.58. The second kappa shape index (κ2) is 8.76. The molecule has 0 heterocycles. The van der Waals surface area contributed by atoms with E-state index in [4.69, 9.17) is 22.9 Å². The quantitative estimate of drug-likeness (QED) is 0.217. The number of rotatable bonds is 5. The van der Waals surface area contributed by atoms with Crippen LogP contribution in [-0.4, -0.2) is 24.1 Å². The van der Waals surface area contributed by atoms with E-state index in [9.17, 15) is 9.59 Å². The van der Waals surface area contributed by atoms with Crippen LogP contribution in [0.4, 0.5) is 0 Å². The predicted octanol–water partition coefficient (Wildman–Crippen LogP) is -0.0812. The van der Waals surface area contributed by atoms with E-state index >= 15 is 0 Å². The molecular weight excluding hydrogens is 320 g/mol. The van der Waals surface area contributed by atoms with E-state index in [0.29, 0.717) is 11.1 Å². The van der Waals surface area contributed by atoms with Gasteiger partial charge in [-0.2, -0.15) is 4.99 Å². The summed E-state index contributed by atoms with van der Waals surface area (Å²) in [6.07, 6.45) is 2.40. The van der Waals surface area contributed by atoms with Gasteiger partial charge in [0.1, 0.15) is 6.29 Å². The predicted molar refractivity (Wildman–Crippen MR) is 99.6 cm³/mol. The molecule has 0 spiro atoms. The molecule has 0 aliphatic rings. The van der Waals surface area contributed by atoms with Crippen molar-refractivity contribution in [2.45, 2.75) is 27.1 Å². The minimum absolute atomic E-state index is 0.298. The zero-order valence-electron chi connectivity index (χ0n) is 14.5. The second-order valence-electron chi connectivity index (χ2n) is 5.63. The fourth-order valence-electron chi connectivity index (χ4n) is 2.02. The normalized spacial score (nSPS) is 12.1. The highest BCUT2D eigenvalue weighted by Gasteiger charge is 2.09. The van der Waals surface area contributed by atoms with Crippen molar-refractivity contribution in [2.75, 3.05) is 0 Å². The lowest BCUT2D eigenvalue weighted by molar-refractivity contribution is -0.118. The van der Waals surface area contributed by atoms with Crippen LogP contribution < -0.4 is 28.3 Å². The van der Waals surface area contributed by atoms with Gasteiger partial charge in [-0.05, 0) is 44.1 Å². The molecule has 8 nitrogen and oxygen atoms in total. The Kier molecular flexibility index (Phi) is 7.04. The third-order valence-corrected chi connectivity index (χ3v) is 3.21. The van der Waals surface area contributed by atoms with E-state index in [0.717, 1.165) is 16.7 Å². The van der Waals surface area contributed by atoms with E-state index in [1.54, 1.807) is 26.0 Å². The lowest BCUT2D eigenvalue weighted by atomic mass is 10.00. The minimum Gasteiger partial charge on any atom is -0.370 e. The van der Waals surface area contributed by atoms with Crippen molar-refractivity contribution >= 4 is 29.9 Å². The van der Waals surface area contributed by atoms with E-state index < -0.39 is 12.2 Å². The van der Waals surface area contributed by atoms with E-state index in [1.165, 1.54) is 0 Å². The van der Waals surface area contributed by atoms with Crippen LogP contribution >= 0.6 is 0 Å². The smallest absolute Gasteiger partial charge is 0.275 e. The number of hydrogen-bond acceptors (Lipinski definition) is 4. The first-order valence-electron chi connectivity index (χ1n) is 7.53. The van der Waals surface area contributed by atoms with Crippen molar-refractivity contribution in [1.29, 1.82) is 0 Å². The van der Waals surface area contributed by atoms with Crippen molar-refractivity contribution in [3.8, 4) is 0 Å². The molecule has 25 heavy (non-hydrogen) atoms. The van der Waals surface area contributed by atoms with Crippen molar-refractivity contribution in [3.05, 3.63) is 46.0 Å². The summed E-state index contributed by atoms with van der Waals surface area (Å²) < 4.78 is 0. The van der Waals surface area contributed by atoms with Gasteiger partial charge in [-0.25, -0.2) is 0 Å². The lowest BCUT2D eigenvalue weighted by Gasteiger charge is -2.10. The number of nitrogens with zero attached hydrogens (tertiary/aromatic N) is 1. The molecule has 0 aliphatic heterocycles. The highest BCUT2D eigenvalue weighted by Crippen LogP contribution is 2.19. The van der Waals surface area contributed by atoms with E-state index in [-0.39, 0.29) is 11.9 Å². The third-order valence-electron chi connectivity index (χ3n) is 3.21. The fourth-order valence-corrected chi connectivity index (χ4v) is 2.02. The minimum atomic E-state index is -0.937. The summed E-state index contributed by atoms with van der Waals surface area (Å²) in [6.45, 7) is 5.17. The highest BCUT2D eigenvalue weighted by molar-refractivity contribution is 6.04. The molecule has 0 aromatic heterocycles. The first-order valence-corrected chi connectivity index (χ1v) is 7.53. The van der Waals surface area contributed by atoms with Gasteiger partial charge in [0.25, 0.3) is 5.91 Å². The molecule has 0 saturated heterocycles. The van der Waals surface area contributed by atoms with Gasteiger partial charge in [0, 0.05) is 11.1 Å². The van der Waals surface area contributed by atoms with Gasteiger partial charge < -0.3 is 16.8 Å². The number of aryl methyl sites for hydroxylation is 1. The van der Waals surface area contributed by atoms with Crippen LogP contribution in [0.25, 0.3) is 12.2 Å². The summed E-state index contributed by atoms with van der Waals surface area (Å²) in [6, 6.07) is 5.63. The molecule has 0 fully saturated rings. The first kappa shape index (κ1) is 20.1. The molecule has 1 rings (SSSR count). The summed E-state index contributed by atoms with van der Waals surface area (Å²) in [5, 5.41) is 2.41. The maximum Gasteiger partial charge on any atom is 0.275 e. The monoisotopic (exact) mass is 344 g/mol. The molecule has 0 unspecified atom stereocenters. The maximum atomic E-state index is 11.9. The summed E-state index contributed by atoms with van der Waals surface area (Å²) >= 11 is 0. The number of aliphatic imine (C=N–C) groups is 1. The summed E-state index contributed by atoms with van der Waals surface area (Å²) in [5.74, 6) is -1.20. The van der Waals surface area contributed by atoms with Crippen LogP contribution in [0.5, 0.6) is 0 Å². The van der Waals surface area contributed by atoms with Gasteiger partial charge >= 0.3 is 0 Å². The molecule has 8 heteroatoms. The van der Waals surface area contributed by atoms with E-state index in [2.05, 4.69) is 10.3 Å². The number of guanidine groups is 1. The number of nitrogens with two attached hydrogens (primary N) is 4. The van der Waals surface area contributed by atoms with Gasteiger partial charge in [-0.3, -0.25) is 21.1 Å². The van der Waals surface area contributed by atoms with Crippen LogP contribution in [0.2, 0.25) is 0 Å². The number of benzene rings is 1. The second-order valence-corrected chi connectivity index (χ2v) is 5.63. The average Bonchev–Trinajstić information content (AvgIpc) is 2.48. The van der Waals surface area contributed by atoms with Crippen LogP contribution in [-0.2, 0) is 9.59 Å². The maximum absolute atomic E-state index is 11.9. The average molecular weight is 344 g/mol. The van der Waals surface area contributed by atoms with Crippen molar-refractivity contribution in [2.24, 2.45) is 27.9 Å². The Hall–Kier alpha value is -2.97. The Morgan fingerprint density at radius 3 is 2.24 bits per heavy atom. The molecule has 0 aliphatic carbocycles. The van der Waals surface area contributed by atoms with Gasteiger partial charge in [-0.15, -0.1) is 0 Å². The Morgan fingerprint density at radius 1 is 1.08 bits per heavy atom. The largest absolute Gasteiger partial charge is 0.370 e. The Labute approximate surface area is 146 Å². The van der Waals surface area contributed by atoms with Crippen molar-refractivity contribution in [1.82, 2.24) is 5.32 Å². The number of carbonyl (C=O) groups excluding carboxylic acids is 2. The van der Waals surface area contributed by atoms with Gasteiger partial charge in [0.05, 0.1) is 0 Å². The molecule has 0 radical (unpaired) electrons. The van der Waals surface area contributed by atoms with E-state index in [1.807, 2.05) is 25.1 Å². The number of nitrogens with one attached hydrogen (secondary N) is 1. The van der Waals surface area contributed by atoms with Gasteiger partial charge in [0.2, 0.25) is 5.91 Å². The Morgan fingerprint density at radius 2 is 1.68 bits per heavy atom. The first-order chi connectivity index (χ1) is 11.6. The summed E-state index contributed by atoms with van der Waals surface area (Å²) in [4.78, 5) is 27.3. The molecule has 0 bridgehead atoms. The van der Waals surface area contributed by atoms with Crippen molar-refractivity contribution in [3.63, 3.8) is 0 Å². The molecule has 9 N–H and O–H groups in total. The van der Waals surface area contributed by atoms with Crippen molar-refractivity contribution < 1.29 is 9.59 Å². The zero-order valence-corrected chi connectivity index (χ0v) is 14.5. The van der Waals surface area contributed by atoms with Gasteiger partial charge in [0.15, 0.2) is 5.96 Å². The van der Waals surface area contributed by atoms with Crippen LogP contribution in [0.15, 0.2) is 34.3 Å². The summed E-state index contributed by atoms with van der Waals surface area (Å²) in [5.41, 5.74) is 24.4. The highest BCUT2D eigenvalue weighted by atomic mass is 16.2. The van der Waals surface area contributed by atoms with Crippen LogP contribution in [0.1, 0.15) is 30.5 Å². The molecule has 0 atom stereocenters. The molecule has 134 valence electrons. The topological polar surface area (TPSA) is 163 Å². The van der Waals surface area contributed by atoms with Crippen LogP contribution in [0, 0.1) is 6.92 Å². The zero-order chi connectivity index (χ0) is 19.1. The Bertz CT molecular complexity index is 758. The number of hydrogen-bond donors (Lipinski definition) is 5. The summed E-state index contributed by atoms with van der Waals surface area (Å²) in [7, 11) is 0. The van der Waals surface area contributed by atoms with Crippen LogP contribution in [0.3, 0.4) is 0 Å². The molecule has 1 aromatic rings. The SMILES string of the molecule is C/C(=C\c1cc(C)ccc1/C=C(\C)C(=O)NC(N)N)C(=O)N=C(N)N. The molecule has 1 aromatic carbocycles. The fraction of sp³-hybridized carbons (Fsp3) is 0.235. The number of carbonyl (C=O) groups is 2. The number of amides is 2. The molecular formula is C17H24N6O2. The standard InChI is InChI=1S/C17H24N6O2/c1-9-4-5-12(7-10(2)14(24)22-16(18)19)13(6-9)8-11(3)15(25)23-17(20)21/h4-8,16H,18-19H2,1-3H3,(H,22,24)(H4,20,21,23,25)/b10-7+,11-8+.